The maximum Gasteiger partial charge on any atom is 0.320 e. The summed E-state index contributed by atoms with van der Waals surface area (Å²) < 4.78 is 0. The topological polar surface area (TPSA) is 95.6 Å². The van der Waals surface area contributed by atoms with Gasteiger partial charge in [0.25, 0.3) is 0 Å². The molecule has 0 bridgehead atoms. The molecule has 5 nitrogen and oxygen atoms in total. The van der Waals surface area contributed by atoms with Crippen molar-refractivity contribution in [1.82, 2.24) is 5.32 Å². The molecular weight excluding hydrogens is 184 g/mol. The van der Waals surface area contributed by atoms with Gasteiger partial charge in [-0.2, -0.15) is 0 Å². The fourth-order valence-electron chi connectivity index (χ4n) is 1.03. The van der Waals surface area contributed by atoms with E-state index in [-0.39, 0.29) is 12.6 Å². The molecule has 5 N–H and O–H groups in total. The number of unbranched alkanes of at least 4 members (excludes halogenated alkanes) is 1. The van der Waals surface area contributed by atoms with Crippen LogP contribution in [0.15, 0.2) is 0 Å². The summed E-state index contributed by atoms with van der Waals surface area (Å²) >= 11 is 0. The Morgan fingerprint density at radius 1 is 1.50 bits per heavy atom. The highest BCUT2D eigenvalue weighted by atomic mass is 16.4. The summed E-state index contributed by atoms with van der Waals surface area (Å²) in [5, 5.41) is 20.3. The second kappa shape index (κ2) is 7.73. The fourth-order valence-corrected chi connectivity index (χ4v) is 1.03. The van der Waals surface area contributed by atoms with Crippen molar-refractivity contribution >= 4 is 5.97 Å². The Hall–Kier alpha value is -0.650. The molecule has 2 atom stereocenters. The third kappa shape index (κ3) is 6.82. The van der Waals surface area contributed by atoms with E-state index in [1.54, 1.807) is 0 Å². The standard InChI is InChI=1S/C9H20N2O3/c1-7(6-12)11-5-3-2-4-8(10)9(13)14/h7-8,11-12H,2-6,10H2,1H3,(H,13,14). The van der Waals surface area contributed by atoms with E-state index < -0.39 is 12.0 Å². The average molecular weight is 204 g/mol. The molecule has 0 aliphatic rings. The molecule has 0 fully saturated rings. The number of rotatable bonds is 8. The number of carboxylic acids is 1. The lowest BCUT2D eigenvalue weighted by Crippen LogP contribution is -2.31. The second-order valence-corrected chi connectivity index (χ2v) is 3.48. The number of hydrogen-bond donors (Lipinski definition) is 4. The van der Waals surface area contributed by atoms with E-state index in [1.807, 2.05) is 6.92 Å². The number of hydrogen-bond acceptors (Lipinski definition) is 4. The zero-order valence-corrected chi connectivity index (χ0v) is 8.57. The van der Waals surface area contributed by atoms with Gasteiger partial charge < -0.3 is 21.3 Å². The molecule has 0 aromatic rings. The van der Waals surface area contributed by atoms with Crippen molar-refractivity contribution in [3.8, 4) is 0 Å². The van der Waals surface area contributed by atoms with Crippen molar-refractivity contribution in [3.05, 3.63) is 0 Å². The van der Waals surface area contributed by atoms with E-state index >= 15 is 0 Å². The maximum absolute atomic E-state index is 10.3. The molecule has 0 spiro atoms. The lowest BCUT2D eigenvalue weighted by Gasteiger charge is -2.10. The number of aliphatic hydroxyl groups excluding tert-OH is 1. The minimum absolute atomic E-state index is 0.100. The van der Waals surface area contributed by atoms with Gasteiger partial charge in [0.15, 0.2) is 0 Å². The number of carboxylic acid groups (broad SMARTS) is 1. The SMILES string of the molecule is CC(CO)NCCCCC(N)C(=O)O. The van der Waals surface area contributed by atoms with Gasteiger partial charge in [0, 0.05) is 6.04 Å². The van der Waals surface area contributed by atoms with Crippen LogP contribution < -0.4 is 11.1 Å². The molecule has 0 saturated heterocycles. The highest BCUT2D eigenvalue weighted by Crippen LogP contribution is 1.98. The van der Waals surface area contributed by atoms with E-state index in [9.17, 15) is 4.79 Å². The Labute approximate surface area is 84.3 Å². The summed E-state index contributed by atoms with van der Waals surface area (Å²) in [6.45, 7) is 2.80. The van der Waals surface area contributed by atoms with Gasteiger partial charge in [-0.05, 0) is 26.3 Å². The van der Waals surface area contributed by atoms with Crippen LogP contribution in [-0.4, -0.2) is 41.4 Å². The van der Waals surface area contributed by atoms with Crippen molar-refractivity contribution in [3.63, 3.8) is 0 Å². The summed E-state index contributed by atoms with van der Waals surface area (Å²) in [6, 6.07) is -0.645. The molecule has 0 aromatic heterocycles. The third-order valence-corrected chi connectivity index (χ3v) is 2.03. The van der Waals surface area contributed by atoms with Gasteiger partial charge in [0.05, 0.1) is 6.61 Å². The first kappa shape index (κ1) is 13.4. The van der Waals surface area contributed by atoms with Gasteiger partial charge in [-0.1, -0.05) is 6.42 Å². The maximum atomic E-state index is 10.3. The van der Waals surface area contributed by atoms with Gasteiger partial charge in [0.2, 0.25) is 0 Å². The van der Waals surface area contributed by atoms with E-state index in [0.717, 1.165) is 19.4 Å². The molecule has 2 unspecified atom stereocenters. The molecule has 0 aliphatic carbocycles. The van der Waals surface area contributed by atoms with Crippen molar-refractivity contribution in [2.75, 3.05) is 13.2 Å². The average Bonchev–Trinajstić information content (AvgIpc) is 2.16. The molecule has 84 valence electrons. The van der Waals surface area contributed by atoms with Crippen LogP contribution in [0.25, 0.3) is 0 Å². The molecule has 5 heteroatoms. The lowest BCUT2D eigenvalue weighted by molar-refractivity contribution is -0.138. The number of carbonyl (C=O) groups is 1. The first-order chi connectivity index (χ1) is 6.57. The fraction of sp³-hybridized carbons (Fsp3) is 0.889. The zero-order valence-electron chi connectivity index (χ0n) is 8.57. The van der Waals surface area contributed by atoms with Crippen molar-refractivity contribution < 1.29 is 15.0 Å². The molecule has 0 amide bonds. The summed E-state index contributed by atoms with van der Waals surface area (Å²) in [4.78, 5) is 10.3. The Morgan fingerprint density at radius 2 is 2.14 bits per heavy atom. The predicted molar refractivity (Wildman–Crippen MR) is 54.0 cm³/mol. The lowest BCUT2D eigenvalue weighted by atomic mass is 10.1. The van der Waals surface area contributed by atoms with Crippen LogP contribution >= 0.6 is 0 Å². The quantitative estimate of drug-likeness (QED) is 0.401. The number of aliphatic carboxylic acids is 1. The van der Waals surface area contributed by atoms with E-state index in [4.69, 9.17) is 15.9 Å². The van der Waals surface area contributed by atoms with Crippen molar-refractivity contribution in [1.29, 1.82) is 0 Å². The molecule has 0 radical (unpaired) electrons. The van der Waals surface area contributed by atoms with Crippen LogP contribution in [0.5, 0.6) is 0 Å². The van der Waals surface area contributed by atoms with Gasteiger partial charge in [-0.3, -0.25) is 4.79 Å². The van der Waals surface area contributed by atoms with Crippen LogP contribution in [-0.2, 0) is 4.79 Å². The molecule has 0 aromatic carbocycles. The van der Waals surface area contributed by atoms with Crippen LogP contribution in [0, 0.1) is 0 Å². The summed E-state index contributed by atoms with van der Waals surface area (Å²) in [5.74, 6) is -0.943. The van der Waals surface area contributed by atoms with E-state index in [0.29, 0.717) is 6.42 Å². The van der Waals surface area contributed by atoms with Crippen LogP contribution in [0.1, 0.15) is 26.2 Å². The monoisotopic (exact) mass is 204 g/mol. The van der Waals surface area contributed by atoms with Crippen LogP contribution in [0.2, 0.25) is 0 Å². The predicted octanol–water partition coefficient (Wildman–Crippen LogP) is -0.461. The molecule has 0 saturated carbocycles. The smallest absolute Gasteiger partial charge is 0.320 e. The summed E-state index contributed by atoms with van der Waals surface area (Å²) in [7, 11) is 0. The van der Waals surface area contributed by atoms with Gasteiger partial charge in [-0.25, -0.2) is 0 Å². The van der Waals surface area contributed by atoms with Gasteiger partial charge >= 0.3 is 5.97 Å². The Morgan fingerprint density at radius 3 is 2.64 bits per heavy atom. The number of aliphatic hydroxyl groups is 1. The van der Waals surface area contributed by atoms with Crippen molar-refractivity contribution in [2.24, 2.45) is 5.73 Å². The highest BCUT2D eigenvalue weighted by Gasteiger charge is 2.09. The Balaban J connectivity index is 3.25. The second-order valence-electron chi connectivity index (χ2n) is 3.48. The Bertz CT molecular complexity index is 164. The minimum Gasteiger partial charge on any atom is -0.480 e. The molecule has 0 rings (SSSR count). The first-order valence-electron chi connectivity index (χ1n) is 4.90. The largest absolute Gasteiger partial charge is 0.480 e. The number of nitrogens with two attached hydrogens (primary N) is 1. The first-order valence-corrected chi connectivity index (χ1v) is 4.90. The zero-order chi connectivity index (χ0) is 11.0. The molecule has 0 aliphatic heterocycles. The summed E-state index contributed by atoms with van der Waals surface area (Å²) in [6.07, 6.45) is 2.18. The van der Waals surface area contributed by atoms with Gasteiger partial charge in [-0.15, -0.1) is 0 Å². The minimum atomic E-state index is -0.943. The molecule has 14 heavy (non-hydrogen) atoms. The van der Waals surface area contributed by atoms with Crippen molar-refractivity contribution in [2.45, 2.75) is 38.3 Å². The summed E-state index contributed by atoms with van der Waals surface area (Å²) in [5.41, 5.74) is 5.32. The Kier molecular flexibility index (Phi) is 7.37. The highest BCUT2D eigenvalue weighted by molar-refractivity contribution is 5.72. The van der Waals surface area contributed by atoms with Crippen LogP contribution in [0.3, 0.4) is 0 Å². The van der Waals surface area contributed by atoms with E-state index in [2.05, 4.69) is 5.32 Å². The van der Waals surface area contributed by atoms with E-state index in [1.165, 1.54) is 0 Å². The number of nitrogens with one attached hydrogen (secondary N) is 1. The van der Waals surface area contributed by atoms with Crippen LogP contribution in [0.4, 0.5) is 0 Å². The molecular formula is C9H20N2O3. The third-order valence-electron chi connectivity index (χ3n) is 2.03. The van der Waals surface area contributed by atoms with Gasteiger partial charge in [0.1, 0.15) is 6.04 Å². The normalized spacial score (nSPS) is 15.1. The molecule has 0 heterocycles.